The fraction of sp³-hybridized carbons (Fsp3) is 0.375. The van der Waals surface area contributed by atoms with Crippen molar-refractivity contribution in [1.29, 1.82) is 5.26 Å². The molecule has 2 aromatic carbocycles. The predicted octanol–water partition coefficient (Wildman–Crippen LogP) is 6.44. The zero-order valence-corrected chi connectivity index (χ0v) is 18.0. The summed E-state index contributed by atoms with van der Waals surface area (Å²) in [6, 6.07) is 16.3. The average Bonchev–Trinajstić information content (AvgIpc) is 3.19. The molecule has 0 bridgehead atoms. The SMILES string of the molecule is CCCCCCCC1CN(C(=O)Nc2ccc(C#N)cc2)N=C1c1ccc(Cl)cc1. The number of unbranched alkanes of at least 4 members (excludes halogenated alkanes) is 4. The Hall–Kier alpha value is -2.84. The molecule has 30 heavy (non-hydrogen) atoms. The van der Waals surface area contributed by atoms with Crippen LogP contribution in [-0.2, 0) is 0 Å². The third kappa shape index (κ3) is 5.84. The normalized spacial score (nSPS) is 15.6. The van der Waals surface area contributed by atoms with Gasteiger partial charge in [-0.25, -0.2) is 9.80 Å². The van der Waals surface area contributed by atoms with Gasteiger partial charge in [0.25, 0.3) is 0 Å². The van der Waals surface area contributed by atoms with Crippen molar-refractivity contribution in [2.75, 3.05) is 11.9 Å². The molecular weight excluding hydrogens is 396 g/mol. The van der Waals surface area contributed by atoms with Crippen LogP contribution in [0.2, 0.25) is 5.02 Å². The van der Waals surface area contributed by atoms with E-state index in [1.54, 1.807) is 24.3 Å². The van der Waals surface area contributed by atoms with Crippen LogP contribution in [0.25, 0.3) is 0 Å². The van der Waals surface area contributed by atoms with Crippen LogP contribution in [0.4, 0.5) is 10.5 Å². The highest BCUT2D eigenvalue weighted by Gasteiger charge is 2.30. The minimum atomic E-state index is -0.264. The summed E-state index contributed by atoms with van der Waals surface area (Å²) < 4.78 is 0. The first-order valence-corrected chi connectivity index (χ1v) is 10.9. The standard InChI is InChI=1S/C24H27ClN4O/c1-2-3-4-5-6-7-20-17-29(28-23(20)19-10-12-21(25)13-11-19)24(30)27-22-14-8-18(16-26)9-15-22/h8-15,20H,2-7,17H2,1H3,(H,27,30). The Labute approximate surface area is 183 Å². The van der Waals surface area contributed by atoms with E-state index in [1.807, 2.05) is 24.3 Å². The molecule has 1 N–H and O–H groups in total. The molecule has 2 aromatic rings. The van der Waals surface area contributed by atoms with E-state index in [0.29, 0.717) is 22.8 Å². The molecule has 1 aliphatic rings. The Morgan fingerprint density at radius 1 is 1.13 bits per heavy atom. The topological polar surface area (TPSA) is 68.5 Å². The fourth-order valence-electron chi connectivity index (χ4n) is 3.63. The first-order valence-electron chi connectivity index (χ1n) is 10.5. The van der Waals surface area contributed by atoms with E-state index < -0.39 is 0 Å². The van der Waals surface area contributed by atoms with E-state index in [9.17, 15) is 4.79 Å². The quantitative estimate of drug-likeness (QED) is 0.497. The van der Waals surface area contributed by atoms with Crippen molar-refractivity contribution in [1.82, 2.24) is 5.01 Å². The Bertz CT molecular complexity index is 916. The monoisotopic (exact) mass is 422 g/mol. The van der Waals surface area contributed by atoms with Gasteiger partial charge >= 0.3 is 6.03 Å². The average molecular weight is 423 g/mol. The lowest BCUT2D eigenvalue weighted by Crippen LogP contribution is -2.30. The van der Waals surface area contributed by atoms with Crippen LogP contribution in [-0.4, -0.2) is 23.3 Å². The Kier molecular flexibility index (Phi) is 7.87. The van der Waals surface area contributed by atoms with E-state index in [-0.39, 0.29) is 11.9 Å². The van der Waals surface area contributed by atoms with Gasteiger partial charge in [-0.15, -0.1) is 0 Å². The number of halogens is 1. The lowest BCUT2D eigenvalue weighted by Gasteiger charge is -2.15. The molecule has 2 amide bonds. The predicted molar refractivity (Wildman–Crippen MR) is 122 cm³/mol. The molecule has 0 aromatic heterocycles. The number of hydrazone groups is 1. The van der Waals surface area contributed by atoms with Gasteiger partial charge in [-0.1, -0.05) is 62.8 Å². The lowest BCUT2D eigenvalue weighted by atomic mass is 9.92. The zero-order chi connectivity index (χ0) is 21.3. The molecule has 0 fully saturated rings. The summed E-state index contributed by atoms with van der Waals surface area (Å²) >= 11 is 6.04. The van der Waals surface area contributed by atoms with E-state index in [4.69, 9.17) is 16.9 Å². The van der Waals surface area contributed by atoms with E-state index in [1.165, 1.54) is 30.7 Å². The van der Waals surface area contributed by atoms with E-state index in [0.717, 1.165) is 24.1 Å². The number of carbonyl (C=O) groups is 1. The van der Waals surface area contributed by atoms with Crippen LogP contribution < -0.4 is 5.32 Å². The minimum Gasteiger partial charge on any atom is -0.306 e. The van der Waals surface area contributed by atoms with Gasteiger partial charge in [0.2, 0.25) is 0 Å². The number of urea groups is 1. The van der Waals surface area contributed by atoms with Crippen LogP contribution in [0.15, 0.2) is 53.6 Å². The van der Waals surface area contributed by atoms with Gasteiger partial charge in [0.05, 0.1) is 23.9 Å². The molecule has 0 saturated carbocycles. The molecule has 5 nitrogen and oxygen atoms in total. The molecular formula is C24H27ClN4O. The highest BCUT2D eigenvalue weighted by molar-refractivity contribution is 6.30. The van der Waals surface area contributed by atoms with Crippen molar-refractivity contribution >= 4 is 29.0 Å². The maximum absolute atomic E-state index is 12.8. The molecule has 0 spiro atoms. The molecule has 6 heteroatoms. The number of hydrogen-bond acceptors (Lipinski definition) is 3. The number of carbonyl (C=O) groups excluding carboxylic acids is 1. The lowest BCUT2D eigenvalue weighted by molar-refractivity contribution is 0.215. The number of anilines is 1. The molecule has 3 rings (SSSR count). The van der Waals surface area contributed by atoms with Gasteiger partial charge < -0.3 is 5.32 Å². The summed E-state index contributed by atoms with van der Waals surface area (Å²) in [6.45, 7) is 2.78. The number of nitriles is 1. The number of amides is 2. The number of rotatable bonds is 8. The van der Waals surface area contributed by atoms with Gasteiger partial charge in [-0.3, -0.25) is 0 Å². The highest BCUT2D eigenvalue weighted by atomic mass is 35.5. The summed E-state index contributed by atoms with van der Waals surface area (Å²) in [5, 5.41) is 18.6. The molecule has 0 aliphatic carbocycles. The maximum atomic E-state index is 12.8. The van der Waals surface area contributed by atoms with Gasteiger partial charge in [0.15, 0.2) is 0 Å². The summed E-state index contributed by atoms with van der Waals surface area (Å²) in [5.74, 6) is 0.208. The Morgan fingerprint density at radius 3 is 2.50 bits per heavy atom. The van der Waals surface area contributed by atoms with Crippen LogP contribution in [0.1, 0.15) is 56.6 Å². The largest absolute Gasteiger partial charge is 0.342 e. The Balaban J connectivity index is 1.70. The van der Waals surface area contributed by atoms with Crippen molar-refractivity contribution in [2.45, 2.75) is 45.4 Å². The highest BCUT2D eigenvalue weighted by Crippen LogP contribution is 2.26. The van der Waals surface area contributed by atoms with Crippen LogP contribution in [0.3, 0.4) is 0 Å². The second kappa shape index (κ2) is 10.8. The van der Waals surface area contributed by atoms with Gasteiger partial charge in [0, 0.05) is 16.6 Å². The van der Waals surface area contributed by atoms with Gasteiger partial charge in [-0.2, -0.15) is 10.4 Å². The third-order valence-electron chi connectivity index (χ3n) is 5.30. The molecule has 0 radical (unpaired) electrons. The fourth-order valence-corrected chi connectivity index (χ4v) is 3.75. The number of benzene rings is 2. The summed E-state index contributed by atoms with van der Waals surface area (Å²) in [6.07, 6.45) is 7.08. The van der Waals surface area contributed by atoms with Crippen molar-refractivity contribution in [3.05, 3.63) is 64.7 Å². The van der Waals surface area contributed by atoms with E-state index in [2.05, 4.69) is 23.4 Å². The van der Waals surface area contributed by atoms with Crippen LogP contribution in [0.5, 0.6) is 0 Å². The van der Waals surface area contributed by atoms with Gasteiger partial charge in [-0.05, 0) is 48.4 Å². The third-order valence-corrected chi connectivity index (χ3v) is 5.56. The maximum Gasteiger partial charge on any atom is 0.342 e. The summed E-state index contributed by atoms with van der Waals surface area (Å²) in [4.78, 5) is 12.8. The van der Waals surface area contributed by atoms with Crippen LogP contribution in [0, 0.1) is 17.2 Å². The second-order valence-corrected chi connectivity index (χ2v) is 8.03. The number of hydrogen-bond donors (Lipinski definition) is 1. The van der Waals surface area contributed by atoms with Crippen LogP contribution >= 0.6 is 11.6 Å². The second-order valence-electron chi connectivity index (χ2n) is 7.59. The molecule has 1 atom stereocenters. The van der Waals surface area contributed by atoms with Crippen molar-refractivity contribution < 1.29 is 4.79 Å². The first kappa shape index (κ1) is 21.9. The zero-order valence-electron chi connectivity index (χ0n) is 17.3. The smallest absolute Gasteiger partial charge is 0.306 e. The first-order chi connectivity index (χ1) is 14.6. The van der Waals surface area contributed by atoms with Gasteiger partial charge in [0.1, 0.15) is 0 Å². The number of nitrogens with zero attached hydrogens (tertiary/aromatic N) is 3. The summed E-state index contributed by atoms with van der Waals surface area (Å²) in [5.41, 5.74) is 3.15. The Morgan fingerprint density at radius 2 is 1.83 bits per heavy atom. The molecule has 1 unspecified atom stereocenters. The molecule has 0 saturated heterocycles. The minimum absolute atomic E-state index is 0.208. The summed E-state index contributed by atoms with van der Waals surface area (Å²) in [7, 11) is 0. The van der Waals surface area contributed by atoms with Crippen molar-refractivity contribution in [3.8, 4) is 6.07 Å². The van der Waals surface area contributed by atoms with Crippen molar-refractivity contribution in [3.63, 3.8) is 0 Å². The van der Waals surface area contributed by atoms with Crippen molar-refractivity contribution in [2.24, 2.45) is 11.0 Å². The van der Waals surface area contributed by atoms with E-state index >= 15 is 0 Å². The number of nitrogens with one attached hydrogen (secondary N) is 1. The molecule has 1 heterocycles. The molecule has 1 aliphatic heterocycles. The molecule has 156 valence electrons.